The van der Waals surface area contributed by atoms with Crippen molar-refractivity contribution in [1.29, 1.82) is 0 Å². The van der Waals surface area contributed by atoms with Gasteiger partial charge in [-0.25, -0.2) is 13.4 Å². The van der Waals surface area contributed by atoms with Crippen LogP contribution >= 0.6 is 0 Å². The van der Waals surface area contributed by atoms with Gasteiger partial charge in [0.2, 0.25) is 0 Å². The number of carbonyl (C=O) groups excluding carboxylic acids is 1. The van der Waals surface area contributed by atoms with Crippen molar-refractivity contribution in [3.05, 3.63) is 66.4 Å². The molecule has 0 aliphatic heterocycles. The average Bonchev–Trinajstić information content (AvgIpc) is 3.58. The van der Waals surface area contributed by atoms with Crippen molar-refractivity contribution in [3.63, 3.8) is 0 Å². The minimum Gasteiger partial charge on any atom is -0.472 e. The number of hydrogen-bond donors (Lipinski definition) is 4. The van der Waals surface area contributed by atoms with Crippen molar-refractivity contribution < 1.29 is 35.9 Å². The standard InChI is InChI=1S/C24H21F3N4O5S/c25-24(26,27)14-4-6-16(7-5-14)37(34,35)31-15-10-17-20(13-8-9-36-12-13)21(30-22(17)28-11-15)23(33)29-18-2-1-3-19(18)32/h4-12,18-19,31-32H,1-3H2,(H,28,30)(H,29,33)/t18-,19+/m0/s1. The predicted octanol–water partition coefficient (Wildman–Crippen LogP) is 4.29. The van der Waals surface area contributed by atoms with Gasteiger partial charge < -0.3 is 19.8 Å². The molecule has 9 nitrogen and oxygen atoms in total. The number of aromatic amines is 1. The summed E-state index contributed by atoms with van der Waals surface area (Å²) in [7, 11) is -4.24. The molecule has 194 valence electrons. The number of nitrogens with one attached hydrogen (secondary N) is 3. The van der Waals surface area contributed by atoms with Gasteiger partial charge in [-0.05, 0) is 55.7 Å². The first kappa shape index (κ1) is 24.8. The van der Waals surface area contributed by atoms with Gasteiger partial charge in [-0.15, -0.1) is 0 Å². The Balaban J connectivity index is 1.49. The minimum atomic E-state index is -4.59. The molecule has 1 aliphatic carbocycles. The number of hydrogen-bond acceptors (Lipinski definition) is 6. The number of furan rings is 1. The minimum absolute atomic E-state index is 0.0364. The van der Waals surface area contributed by atoms with E-state index in [1.54, 1.807) is 6.07 Å². The van der Waals surface area contributed by atoms with E-state index in [4.69, 9.17) is 4.42 Å². The maximum Gasteiger partial charge on any atom is 0.416 e. The number of halogens is 3. The highest BCUT2D eigenvalue weighted by atomic mass is 32.2. The fourth-order valence-corrected chi connectivity index (χ4v) is 5.42. The Kier molecular flexibility index (Phi) is 6.20. The quantitative estimate of drug-likeness (QED) is 0.291. The molecular formula is C24H21F3N4O5S. The van der Waals surface area contributed by atoms with Crippen molar-refractivity contribution in [2.24, 2.45) is 0 Å². The first-order valence-electron chi connectivity index (χ1n) is 11.3. The van der Waals surface area contributed by atoms with Crippen LogP contribution in [0, 0.1) is 0 Å². The molecule has 1 fully saturated rings. The van der Waals surface area contributed by atoms with Gasteiger partial charge in [0, 0.05) is 16.5 Å². The van der Waals surface area contributed by atoms with Crippen LogP contribution in [-0.4, -0.2) is 41.5 Å². The molecule has 0 spiro atoms. The maximum atomic E-state index is 13.1. The van der Waals surface area contributed by atoms with Crippen LogP contribution in [0.4, 0.5) is 18.9 Å². The summed E-state index contributed by atoms with van der Waals surface area (Å²) in [6.45, 7) is 0. The SMILES string of the molecule is O=C(N[C@H]1CCC[C@H]1O)c1[nH]c2ncc(NS(=O)(=O)c3ccc(C(F)(F)F)cc3)cc2c1-c1ccoc1. The van der Waals surface area contributed by atoms with Gasteiger partial charge in [0.25, 0.3) is 15.9 Å². The van der Waals surface area contributed by atoms with Gasteiger partial charge in [0.15, 0.2) is 0 Å². The summed E-state index contributed by atoms with van der Waals surface area (Å²) in [5.41, 5.74) is 0.470. The number of rotatable bonds is 6. The molecule has 1 aromatic carbocycles. The Bertz CT molecular complexity index is 1550. The molecule has 0 bridgehead atoms. The highest BCUT2D eigenvalue weighted by Crippen LogP contribution is 2.35. The number of sulfonamides is 1. The number of aliphatic hydroxyl groups excluding tert-OH is 1. The van der Waals surface area contributed by atoms with Crippen LogP contribution in [0.15, 0.2) is 64.4 Å². The highest BCUT2D eigenvalue weighted by molar-refractivity contribution is 7.92. The third-order valence-electron chi connectivity index (χ3n) is 6.23. The molecule has 1 aliphatic rings. The molecule has 37 heavy (non-hydrogen) atoms. The molecule has 1 amide bonds. The lowest BCUT2D eigenvalue weighted by Crippen LogP contribution is -2.40. The lowest BCUT2D eigenvalue weighted by Gasteiger charge is -2.16. The van der Waals surface area contributed by atoms with Crippen LogP contribution in [0.25, 0.3) is 22.2 Å². The van der Waals surface area contributed by atoms with E-state index in [0.717, 1.165) is 18.6 Å². The largest absolute Gasteiger partial charge is 0.472 e. The van der Waals surface area contributed by atoms with E-state index in [9.17, 15) is 31.5 Å². The normalized spacial score (nSPS) is 18.3. The van der Waals surface area contributed by atoms with Crippen LogP contribution < -0.4 is 10.0 Å². The van der Waals surface area contributed by atoms with Gasteiger partial charge >= 0.3 is 6.18 Å². The molecule has 0 radical (unpaired) electrons. The summed E-state index contributed by atoms with van der Waals surface area (Å²) in [5, 5.41) is 13.3. The summed E-state index contributed by atoms with van der Waals surface area (Å²) in [5.74, 6) is -0.466. The number of carbonyl (C=O) groups is 1. The summed E-state index contributed by atoms with van der Waals surface area (Å²) in [4.78, 5) is 20.0. The fourth-order valence-electron chi connectivity index (χ4n) is 4.39. The molecular weight excluding hydrogens is 513 g/mol. The predicted molar refractivity (Wildman–Crippen MR) is 127 cm³/mol. The monoisotopic (exact) mass is 534 g/mol. The maximum absolute atomic E-state index is 13.1. The van der Waals surface area contributed by atoms with Crippen LogP contribution in [0.3, 0.4) is 0 Å². The number of nitrogens with zero attached hydrogens (tertiary/aromatic N) is 1. The Labute approximate surface area is 208 Å². The number of aliphatic hydroxyl groups is 1. The number of pyridine rings is 1. The number of amides is 1. The Morgan fingerprint density at radius 3 is 2.54 bits per heavy atom. The van der Waals surface area contributed by atoms with Gasteiger partial charge in [-0.2, -0.15) is 13.2 Å². The number of aromatic nitrogens is 2. The molecule has 3 aromatic heterocycles. The topological polar surface area (TPSA) is 137 Å². The zero-order chi connectivity index (χ0) is 26.4. The number of alkyl halides is 3. The summed E-state index contributed by atoms with van der Waals surface area (Å²) in [6, 6.07) is 5.80. The second kappa shape index (κ2) is 9.23. The average molecular weight is 535 g/mol. The van der Waals surface area contributed by atoms with Crippen molar-refractivity contribution in [2.45, 2.75) is 42.5 Å². The molecule has 0 saturated heterocycles. The molecule has 0 unspecified atom stereocenters. The van der Waals surface area contributed by atoms with E-state index >= 15 is 0 Å². The zero-order valence-corrected chi connectivity index (χ0v) is 19.9. The van der Waals surface area contributed by atoms with E-state index < -0.39 is 39.8 Å². The first-order chi connectivity index (χ1) is 17.5. The number of benzene rings is 1. The second-order valence-corrected chi connectivity index (χ2v) is 10.4. The summed E-state index contributed by atoms with van der Waals surface area (Å²) >= 11 is 0. The second-order valence-electron chi connectivity index (χ2n) is 8.71. The Morgan fingerprint density at radius 2 is 1.92 bits per heavy atom. The van der Waals surface area contributed by atoms with Crippen LogP contribution in [0.1, 0.15) is 35.3 Å². The molecule has 1 saturated carbocycles. The molecule has 5 rings (SSSR count). The molecule has 4 aromatic rings. The lowest BCUT2D eigenvalue weighted by atomic mass is 10.0. The van der Waals surface area contributed by atoms with Gasteiger partial charge in [0.1, 0.15) is 11.3 Å². The van der Waals surface area contributed by atoms with E-state index in [1.165, 1.54) is 24.8 Å². The van der Waals surface area contributed by atoms with Gasteiger partial charge in [0.05, 0.1) is 47.0 Å². The van der Waals surface area contributed by atoms with Crippen molar-refractivity contribution >= 4 is 32.7 Å². The van der Waals surface area contributed by atoms with Crippen molar-refractivity contribution in [1.82, 2.24) is 15.3 Å². The van der Waals surface area contributed by atoms with Gasteiger partial charge in [-0.3, -0.25) is 9.52 Å². The van der Waals surface area contributed by atoms with Gasteiger partial charge in [-0.1, -0.05) is 0 Å². The smallest absolute Gasteiger partial charge is 0.416 e. The lowest BCUT2D eigenvalue weighted by molar-refractivity contribution is -0.137. The van der Waals surface area contributed by atoms with E-state index in [1.807, 2.05) is 0 Å². The summed E-state index contributed by atoms with van der Waals surface area (Å²) < 4.78 is 71.6. The highest BCUT2D eigenvalue weighted by Gasteiger charge is 2.31. The Morgan fingerprint density at radius 1 is 1.16 bits per heavy atom. The zero-order valence-electron chi connectivity index (χ0n) is 19.0. The van der Waals surface area contributed by atoms with E-state index in [0.29, 0.717) is 47.1 Å². The molecule has 3 heterocycles. The van der Waals surface area contributed by atoms with Crippen LogP contribution in [-0.2, 0) is 16.2 Å². The number of H-pyrrole nitrogens is 1. The summed E-state index contributed by atoms with van der Waals surface area (Å²) in [6.07, 6.45) is 0.847. The third kappa shape index (κ3) is 4.91. The molecule has 2 atom stereocenters. The third-order valence-corrected chi connectivity index (χ3v) is 7.62. The fraction of sp³-hybridized carbons (Fsp3) is 0.250. The van der Waals surface area contributed by atoms with Crippen LogP contribution in [0.5, 0.6) is 0 Å². The Hall–Kier alpha value is -3.84. The molecule has 13 heteroatoms. The van der Waals surface area contributed by atoms with Crippen molar-refractivity contribution in [3.8, 4) is 11.1 Å². The first-order valence-corrected chi connectivity index (χ1v) is 12.7. The molecule has 4 N–H and O–H groups in total. The number of fused-ring (bicyclic) bond motifs is 1. The van der Waals surface area contributed by atoms with E-state index in [-0.39, 0.29) is 16.3 Å². The van der Waals surface area contributed by atoms with E-state index in [2.05, 4.69) is 20.0 Å². The van der Waals surface area contributed by atoms with Crippen molar-refractivity contribution in [2.75, 3.05) is 4.72 Å². The number of anilines is 1. The van der Waals surface area contributed by atoms with Crippen LogP contribution in [0.2, 0.25) is 0 Å².